The predicted octanol–water partition coefficient (Wildman–Crippen LogP) is 2.29. The molecule has 0 spiro atoms. The summed E-state index contributed by atoms with van der Waals surface area (Å²) < 4.78 is 10.4. The van der Waals surface area contributed by atoms with Crippen molar-refractivity contribution in [3.05, 3.63) is 23.8 Å². The lowest BCUT2D eigenvalue weighted by molar-refractivity contribution is 0.128. The summed E-state index contributed by atoms with van der Waals surface area (Å²) in [6.07, 6.45) is -0.284. The molecular weight excluding hydrogens is 218 g/mol. The highest BCUT2D eigenvalue weighted by Crippen LogP contribution is 2.37. The number of ether oxygens (including phenoxy) is 2. The van der Waals surface area contributed by atoms with E-state index in [1.54, 1.807) is 18.2 Å². The van der Waals surface area contributed by atoms with E-state index in [1.165, 1.54) is 14.2 Å². The van der Waals surface area contributed by atoms with E-state index in [2.05, 4.69) is 6.07 Å². The van der Waals surface area contributed by atoms with Crippen LogP contribution in [0.5, 0.6) is 11.5 Å². The Morgan fingerprint density at radius 1 is 1.35 bits per heavy atom. The van der Waals surface area contributed by atoms with Gasteiger partial charge in [-0.25, -0.2) is 0 Å². The Hall–Kier alpha value is -1.73. The normalized spacial score (nSPS) is 13.6. The summed E-state index contributed by atoms with van der Waals surface area (Å²) in [6, 6.07) is 7.35. The summed E-state index contributed by atoms with van der Waals surface area (Å²) in [5, 5.41) is 19.1. The summed E-state index contributed by atoms with van der Waals surface area (Å²) in [5.74, 6) is 0.587. The van der Waals surface area contributed by atoms with Crippen LogP contribution in [0.15, 0.2) is 18.2 Å². The minimum absolute atomic E-state index is 0.448. The fraction of sp³-hybridized carbons (Fsp3) is 0.462. The van der Waals surface area contributed by atoms with E-state index < -0.39 is 12.0 Å². The quantitative estimate of drug-likeness (QED) is 0.850. The molecule has 4 nitrogen and oxygen atoms in total. The molecule has 0 fully saturated rings. The van der Waals surface area contributed by atoms with E-state index in [0.717, 1.165) is 0 Å². The number of hydrogen-bond acceptors (Lipinski definition) is 4. The van der Waals surface area contributed by atoms with Gasteiger partial charge in [-0.15, -0.1) is 0 Å². The molecule has 1 aromatic carbocycles. The van der Waals surface area contributed by atoms with Crippen molar-refractivity contribution >= 4 is 0 Å². The molecule has 0 aromatic heterocycles. The SMILES string of the molecule is CCC(C#N)C(O)c1cccc(OC)c1OC. The molecule has 2 atom stereocenters. The number of para-hydroxylation sites is 1. The molecule has 0 saturated carbocycles. The Labute approximate surface area is 101 Å². The molecule has 0 aliphatic heterocycles. The van der Waals surface area contributed by atoms with E-state index in [0.29, 0.717) is 23.5 Å². The van der Waals surface area contributed by atoms with Crippen LogP contribution in [0.25, 0.3) is 0 Å². The molecule has 0 amide bonds. The van der Waals surface area contributed by atoms with Crippen LogP contribution in [0.3, 0.4) is 0 Å². The molecule has 0 heterocycles. The summed E-state index contributed by atoms with van der Waals surface area (Å²) >= 11 is 0. The minimum atomic E-state index is -0.866. The molecule has 1 aromatic rings. The van der Waals surface area contributed by atoms with Gasteiger partial charge in [-0.1, -0.05) is 19.1 Å². The lowest BCUT2D eigenvalue weighted by Gasteiger charge is -2.19. The lowest BCUT2D eigenvalue weighted by atomic mass is 9.94. The van der Waals surface area contributed by atoms with Crippen molar-refractivity contribution in [1.82, 2.24) is 0 Å². The maximum atomic E-state index is 10.2. The Kier molecular flexibility index (Phi) is 4.80. The summed E-state index contributed by atoms with van der Waals surface area (Å²) in [7, 11) is 3.05. The molecule has 0 radical (unpaired) electrons. The van der Waals surface area contributed by atoms with Crippen molar-refractivity contribution in [2.75, 3.05) is 14.2 Å². The zero-order valence-corrected chi connectivity index (χ0v) is 10.3. The highest BCUT2D eigenvalue weighted by atomic mass is 16.5. The number of nitrogens with zero attached hydrogens (tertiary/aromatic N) is 1. The largest absolute Gasteiger partial charge is 0.493 e. The van der Waals surface area contributed by atoms with Crippen LogP contribution in [-0.4, -0.2) is 19.3 Å². The maximum Gasteiger partial charge on any atom is 0.166 e. The lowest BCUT2D eigenvalue weighted by Crippen LogP contribution is -2.11. The zero-order valence-electron chi connectivity index (χ0n) is 10.3. The molecule has 17 heavy (non-hydrogen) atoms. The Balaban J connectivity index is 3.17. The van der Waals surface area contributed by atoms with E-state index >= 15 is 0 Å². The Morgan fingerprint density at radius 3 is 2.53 bits per heavy atom. The molecule has 1 rings (SSSR count). The minimum Gasteiger partial charge on any atom is -0.493 e. The zero-order chi connectivity index (χ0) is 12.8. The van der Waals surface area contributed by atoms with Crippen LogP contribution < -0.4 is 9.47 Å². The first kappa shape index (κ1) is 13.3. The van der Waals surface area contributed by atoms with Crippen LogP contribution in [0, 0.1) is 17.2 Å². The fourth-order valence-electron chi connectivity index (χ4n) is 1.75. The maximum absolute atomic E-state index is 10.2. The third-order valence-electron chi connectivity index (χ3n) is 2.74. The molecule has 0 aliphatic rings. The first-order valence-corrected chi connectivity index (χ1v) is 5.48. The summed E-state index contributed by atoms with van der Waals surface area (Å²) in [6.45, 7) is 1.86. The van der Waals surface area contributed by atoms with E-state index in [4.69, 9.17) is 14.7 Å². The van der Waals surface area contributed by atoms with Gasteiger partial charge in [-0.05, 0) is 12.5 Å². The van der Waals surface area contributed by atoms with Crippen molar-refractivity contribution < 1.29 is 14.6 Å². The second-order valence-corrected chi connectivity index (χ2v) is 3.67. The van der Waals surface area contributed by atoms with E-state index in [-0.39, 0.29) is 0 Å². The third-order valence-corrected chi connectivity index (χ3v) is 2.74. The number of methoxy groups -OCH3 is 2. The van der Waals surface area contributed by atoms with Crippen molar-refractivity contribution in [3.8, 4) is 17.6 Å². The first-order valence-electron chi connectivity index (χ1n) is 5.48. The molecule has 1 N–H and O–H groups in total. The van der Waals surface area contributed by atoms with E-state index in [1.807, 2.05) is 6.92 Å². The van der Waals surface area contributed by atoms with Gasteiger partial charge in [0.05, 0.1) is 32.3 Å². The van der Waals surface area contributed by atoms with Gasteiger partial charge in [0.15, 0.2) is 11.5 Å². The number of nitriles is 1. The molecule has 4 heteroatoms. The summed E-state index contributed by atoms with van der Waals surface area (Å²) in [4.78, 5) is 0. The average molecular weight is 235 g/mol. The van der Waals surface area contributed by atoms with Crippen LogP contribution in [0.2, 0.25) is 0 Å². The molecule has 0 saturated heterocycles. The number of rotatable bonds is 5. The molecule has 0 bridgehead atoms. The summed E-state index contributed by atoms with van der Waals surface area (Å²) in [5.41, 5.74) is 0.584. The van der Waals surface area contributed by atoms with Gasteiger partial charge in [0.2, 0.25) is 0 Å². The van der Waals surface area contributed by atoms with Gasteiger partial charge in [-0.2, -0.15) is 5.26 Å². The molecule has 92 valence electrons. The predicted molar refractivity (Wildman–Crippen MR) is 63.9 cm³/mol. The highest BCUT2D eigenvalue weighted by molar-refractivity contribution is 5.48. The molecular formula is C13H17NO3. The van der Waals surface area contributed by atoms with Crippen molar-refractivity contribution in [1.29, 1.82) is 5.26 Å². The van der Waals surface area contributed by atoms with Gasteiger partial charge >= 0.3 is 0 Å². The molecule has 2 unspecified atom stereocenters. The number of aliphatic hydroxyl groups is 1. The van der Waals surface area contributed by atoms with Gasteiger partial charge < -0.3 is 14.6 Å². The van der Waals surface area contributed by atoms with Gasteiger partial charge in [-0.3, -0.25) is 0 Å². The number of hydrogen-bond donors (Lipinski definition) is 1. The standard InChI is InChI=1S/C13H17NO3/c1-4-9(8-14)12(15)10-6-5-7-11(16-2)13(10)17-3/h5-7,9,12,15H,4H2,1-3H3. The second-order valence-electron chi connectivity index (χ2n) is 3.67. The van der Waals surface area contributed by atoms with Gasteiger partial charge in [0.25, 0.3) is 0 Å². The highest BCUT2D eigenvalue weighted by Gasteiger charge is 2.23. The third kappa shape index (κ3) is 2.69. The first-order chi connectivity index (χ1) is 8.19. The van der Waals surface area contributed by atoms with Crippen molar-refractivity contribution in [3.63, 3.8) is 0 Å². The second kappa shape index (κ2) is 6.12. The average Bonchev–Trinajstić information content (AvgIpc) is 2.38. The topological polar surface area (TPSA) is 62.5 Å². The molecule has 0 aliphatic carbocycles. The number of benzene rings is 1. The van der Waals surface area contributed by atoms with E-state index in [9.17, 15) is 5.11 Å². The van der Waals surface area contributed by atoms with Crippen LogP contribution in [0.1, 0.15) is 25.0 Å². The van der Waals surface area contributed by atoms with Gasteiger partial charge in [0.1, 0.15) is 0 Å². The van der Waals surface area contributed by atoms with Crippen LogP contribution >= 0.6 is 0 Å². The smallest absolute Gasteiger partial charge is 0.166 e. The van der Waals surface area contributed by atoms with Crippen molar-refractivity contribution in [2.45, 2.75) is 19.4 Å². The van der Waals surface area contributed by atoms with Crippen molar-refractivity contribution in [2.24, 2.45) is 5.92 Å². The fourth-order valence-corrected chi connectivity index (χ4v) is 1.75. The van der Waals surface area contributed by atoms with Gasteiger partial charge in [0, 0.05) is 5.56 Å². The van der Waals surface area contributed by atoms with Crippen LogP contribution in [-0.2, 0) is 0 Å². The Morgan fingerprint density at radius 2 is 2.06 bits per heavy atom. The Bertz CT molecular complexity index is 412. The van der Waals surface area contributed by atoms with Crippen LogP contribution in [0.4, 0.5) is 0 Å². The number of aliphatic hydroxyl groups excluding tert-OH is 1. The monoisotopic (exact) mass is 235 g/mol.